The highest BCUT2D eigenvalue weighted by molar-refractivity contribution is 5.88. The molecule has 0 atom stereocenters. The van der Waals surface area contributed by atoms with Crippen molar-refractivity contribution in [3.05, 3.63) is 65.1 Å². The summed E-state index contributed by atoms with van der Waals surface area (Å²) in [4.78, 5) is 4.59. The summed E-state index contributed by atoms with van der Waals surface area (Å²) in [6, 6.07) is 8.69. The van der Waals surface area contributed by atoms with Crippen molar-refractivity contribution in [2.45, 2.75) is 19.8 Å². The molecule has 0 fully saturated rings. The fourth-order valence-electron chi connectivity index (χ4n) is 2.88. The summed E-state index contributed by atoms with van der Waals surface area (Å²) < 4.78 is 0. The smallest absolute Gasteiger partial charge is 0.0650 e. The molecule has 3 nitrogen and oxygen atoms in total. The fraction of sp³-hybridized carbons (Fsp3) is 0.176. The van der Waals surface area contributed by atoms with Crippen LogP contribution in [0, 0.1) is 6.92 Å². The lowest BCUT2D eigenvalue weighted by Crippen LogP contribution is -2.04. The largest absolute Gasteiger partial charge is 0.278 e. The van der Waals surface area contributed by atoms with E-state index >= 15 is 0 Å². The van der Waals surface area contributed by atoms with Gasteiger partial charge >= 0.3 is 0 Å². The topological polar surface area (TPSA) is 41.6 Å². The maximum atomic E-state index is 4.59. The molecule has 3 aromatic rings. The van der Waals surface area contributed by atoms with Gasteiger partial charge in [-0.3, -0.25) is 10.1 Å². The van der Waals surface area contributed by atoms with Gasteiger partial charge in [0, 0.05) is 24.3 Å². The number of aromatic amines is 1. The molecule has 0 bridgehead atoms. The highest BCUT2D eigenvalue weighted by Crippen LogP contribution is 2.32. The molecule has 0 saturated heterocycles. The van der Waals surface area contributed by atoms with Crippen LogP contribution in [0.4, 0.5) is 0 Å². The van der Waals surface area contributed by atoms with Gasteiger partial charge in [0.2, 0.25) is 0 Å². The first-order chi connectivity index (χ1) is 9.81. The van der Waals surface area contributed by atoms with E-state index in [0.717, 1.165) is 23.7 Å². The third kappa shape index (κ3) is 1.74. The number of rotatable bonds is 1. The monoisotopic (exact) mass is 263 g/mol. The molecule has 20 heavy (non-hydrogen) atoms. The van der Waals surface area contributed by atoms with Crippen molar-refractivity contribution in [2.75, 3.05) is 0 Å². The average molecular weight is 263 g/mol. The third-order valence-corrected chi connectivity index (χ3v) is 3.88. The Bertz CT molecular complexity index is 833. The van der Waals surface area contributed by atoms with Crippen LogP contribution in [0.3, 0.4) is 0 Å². The minimum absolute atomic E-state index is 0. The molecule has 0 unspecified atom stereocenters. The van der Waals surface area contributed by atoms with Crippen LogP contribution in [-0.2, 0) is 6.42 Å². The molecule has 1 N–H and O–H groups in total. The second-order valence-corrected chi connectivity index (χ2v) is 5.34. The number of benzene rings is 1. The summed E-state index contributed by atoms with van der Waals surface area (Å²) in [6.45, 7) is 2.10. The number of pyridine rings is 1. The quantitative estimate of drug-likeness (QED) is 0.723. The lowest BCUT2D eigenvalue weighted by molar-refractivity contribution is 0.916. The number of nitrogens with zero attached hydrogens (tertiary/aromatic N) is 2. The number of fused-ring (bicyclic) bond motifs is 2. The molecule has 1 aromatic carbocycles. The Hall–Kier alpha value is -2.42. The lowest BCUT2D eigenvalue weighted by atomic mass is 9.89. The Morgan fingerprint density at radius 3 is 3.10 bits per heavy atom. The number of nitrogens with one attached hydrogen (secondary N) is 1. The SMILES string of the molecule is Cc1cnc2c(c1)C(c1ccc3[nH]ncc3c1)=CCC2.[HH]. The van der Waals surface area contributed by atoms with Gasteiger partial charge in [-0.05, 0) is 54.7 Å². The molecule has 2 aromatic heterocycles. The fourth-order valence-corrected chi connectivity index (χ4v) is 2.88. The lowest BCUT2D eigenvalue weighted by Gasteiger charge is -2.18. The zero-order valence-corrected chi connectivity index (χ0v) is 11.4. The molecule has 4 rings (SSSR count). The van der Waals surface area contributed by atoms with Crippen LogP contribution in [-0.4, -0.2) is 15.2 Å². The number of allylic oxidation sites excluding steroid dienone is 1. The number of aromatic nitrogens is 3. The van der Waals surface area contributed by atoms with E-state index in [9.17, 15) is 0 Å². The normalized spacial score (nSPS) is 14.2. The van der Waals surface area contributed by atoms with Gasteiger partial charge in [0.15, 0.2) is 0 Å². The van der Waals surface area contributed by atoms with E-state index in [2.05, 4.69) is 52.4 Å². The van der Waals surface area contributed by atoms with E-state index in [1.165, 1.54) is 28.0 Å². The van der Waals surface area contributed by atoms with Crippen LogP contribution < -0.4 is 0 Å². The van der Waals surface area contributed by atoms with Gasteiger partial charge in [-0.15, -0.1) is 0 Å². The maximum absolute atomic E-state index is 4.59. The molecular formula is C17H17N3. The molecule has 0 radical (unpaired) electrons. The summed E-state index contributed by atoms with van der Waals surface area (Å²) in [5, 5.41) is 8.23. The molecule has 0 aliphatic heterocycles. The third-order valence-electron chi connectivity index (χ3n) is 3.88. The summed E-state index contributed by atoms with van der Waals surface area (Å²) in [5.74, 6) is 0. The van der Waals surface area contributed by atoms with Gasteiger partial charge in [0.25, 0.3) is 0 Å². The molecule has 3 heteroatoms. The Morgan fingerprint density at radius 2 is 2.15 bits per heavy atom. The minimum Gasteiger partial charge on any atom is -0.278 e. The van der Waals surface area contributed by atoms with Crippen LogP contribution >= 0.6 is 0 Å². The van der Waals surface area contributed by atoms with Crippen molar-refractivity contribution in [1.29, 1.82) is 0 Å². The van der Waals surface area contributed by atoms with E-state index in [1.54, 1.807) is 0 Å². The number of H-pyrrole nitrogens is 1. The summed E-state index contributed by atoms with van der Waals surface area (Å²) in [5.41, 5.74) is 7.31. The molecular weight excluding hydrogens is 246 g/mol. The first kappa shape index (κ1) is 11.4. The van der Waals surface area contributed by atoms with Gasteiger partial charge in [0.05, 0.1) is 11.7 Å². The molecule has 1 aliphatic rings. The zero-order valence-electron chi connectivity index (χ0n) is 11.4. The highest BCUT2D eigenvalue weighted by atomic mass is 15.1. The predicted molar refractivity (Wildman–Crippen MR) is 82.6 cm³/mol. The molecule has 0 spiro atoms. The first-order valence-corrected chi connectivity index (χ1v) is 6.91. The van der Waals surface area contributed by atoms with Crippen molar-refractivity contribution in [3.63, 3.8) is 0 Å². The highest BCUT2D eigenvalue weighted by Gasteiger charge is 2.15. The number of hydrogen-bond donors (Lipinski definition) is 1. The van der Waals surface area contributed by atoms with Gasteiger partial charge < -0.3 is 0 Å². The number of hydrogen-bond acceptors (Lipinski definition) is 2. The van der Waals surface area contributed by atoms with Gasteiger partial charge in [-0.25, -0.2) is 0 Å². The van der Waals surface area contributed by atoms with E-state index in [4.69, 9.17) is 0 Å². The van der Waals surface area contributed by atoms with Gasteiger partial charge in [-0.2, -0.15) is 5.10 Å². The Labute approximate surface area is 118 Å². The van der Waals surface area contributed by atoms with Crippen LogP contribution in [0.5, 0.6) is 0 Å². The van der Waals surface area contributed by atoms with Crippen molar-refractivity contribution in [3.8, 4) is 0 Å². The van der Waals surface area contributed by atoms with E-state index in [0.29, 0.717) is 0 Å². The van der Waals surface area contributed by atoms with E-state index in [1.807, 2.05) is 12.4 Å². The average Bonchev–Trinajstić information content (AvgIpc) is 2.94. The zero-order chi connectivity index (χ0) is 13.5. The van der Waals surface area contributed by atoms with Crippen LogP contribution in [0.2, 0.25) is 0 Å². The summed E-state index contributed by atoms with van der Waals surface area (Å²) in [7, 11) is 0. The first-order valence-electron chi connectivity index (χ1n) is 6.91. The van der Waals surface area contributed by atoms with Crippen LogP contribution in [0.1, 0.15) is 30.2 Å². The van der Waals surface area contributed by atoms with Crippen molar-refractivity contribution >= 4 is 16.5 Å². The Kier molecular flexibility index (Phi) is 2.46. The Balaban J connectivity index is 0.00000132. The molecule has 0 amide bonds. The summed E-state index contributed by atoms with van der Waals surface area (Å²) in [6.07, 6.45) is 8.25. The predicted octanol–water partition coefficient (Wildman–Crippen LogP) is 3.89. The van der Waals surface area contributed by atoms with Crippen LogP contribution in [0.25, 0.3) is 16.5 Å². The van der Waals surface area contributed by atoms with Crippen LogP contribution in [0.15, 0.2) is 42.7 Å². The molecule has 0 saturated carbocycles. The van der Waals surface area contributed by atoms with Crippen molar-refractivity contribution in [2.24, 2.45) is 0 Å². The molecule has 1 aliphatic carbocycles. The number of aryl methyl sites for hydroxylation is 2. The van der Waals surface area contributed by atoms with E-state index < -0.39 is 0 Å². The molecule has 2 heterocycles. The van der Waals surface area contributed by atoms with Crippen molar-refractivity contribution < 1.29 is 1.43 Å². The minimum atomic E-state index is 0. The van der Waals surface area contributed by atoms with E-state index in [-0.39, 0.29) is 1.43 Å². The Morgan fingerprint density at radius 1 is 1.20 bits per heavy atom. The van der Waals surface area contributed by atoms with Gasteiger partial charge in [0.1, 0.15) is 0 Å². The second-order valence-electron chi connectivity index (χ2n) is 5.34. The van der Waals surface area contributed by atoms with Crippen molar-refractivity contribution in [1.82, 2.24) is 15.2 Å². The van der Waals surface area contributed by atoms with Gasteiger partial charge in [-0.1, -0.05) is 12.1 Å². The standard InChI is InChI=1S/C17H15N3.H2/c1-11-7-15-14(3-2-4-17(15)18-9-11)12-5-6-16-13(8-12)10-19-20-16;/h3,5-10H,2,4H2,1H3,(H,19,20);1H. The second kappa shape index (κ2) is 4.30. The summed E-state index contributed by atoms with van der Waals surface area (Å²) >= 11 is 0. The molecule has 100 valence electrons. The maximum Gasteiger partial charge on any atom is 0.0650 e.